The number of aromatic nitrogens is 4. The fourth-order valence-corrected chi connectivity index (χ4v) is 5.09. The normalized spacial score (nSPS) is 20.5. The number of benzene rings is 2. The molecular formula is C28H31N7O5. The second-order valence-corrected chi connectivity index (χ2v) is 10.0. The Morgan fingerprint density at radius 1 is 1.00 bits per heavy atom. The highest BCUT2D eigenvalue weighted by Gasteiger charge is 2.44. The summed E-state index contributed by atoms with van der Waals surface area (Å²) in [5.74, 6) is -1.57. The minimum absolute atomic E-state index is 0.0596. The highest BCUT2D eigenvalue weighted by molar-refractivity contribution is 5.90. The third kappa shape index (κ3) is 5.31. The number of nitrogens with one attached hydrogen (secondary N) is 2. The molecule has 0 aliphatic heterocycles. The molecule has 12 heteroatoms. The molecule has 5 rings (SSSR count). The van der Waals surface area contributed by atoms with E-state index in [1.165, 1.54) is 15.8 Å². The van der Waals surface area contributed by atoms with E-state index in [4.69, 9.17) is 0 Å². The lowest BCUT2D eigenvalue weighted by atomic mass is 9.91. The number of imidazole rings is 1. The number of aromatic carboxylic acids is 1. The number of anilines is 1. The number of nitrogens with zero attached hydrogens (tertiary/aromatic N) is 5. The molecule has 0 bridgehead atoms. The van der Waals surface area contributed by atoms with Crippen LogP contribution in [-0.2, 0) is 0 Å². The molecule has 5 N–H and O–H groups in total. The van der Waals surface area contributed by atoms with Crippen molar-refractivity contribution in [3.63, 3.8) is 0 Å². The average molecular weight is 546 g/mol. The largest absolute Gasteiger partial charge is 0.475 e. The topological polar surface area (TPSA) is 166 Å². The van der Waals surface area contributed by atoms with Crippen LogP contribution < -0.4 is 10.6 Å². The van der Waals surface area contributed by atoms with Crippen molar-refractivity contribution in [2.45, 2.75) is 36.6 Å². The molecule has 1 fully saturated rings. The van der Waals surface area contributed by atoms with E-state index >= 15 is 0 Å². The van der Waals surface area contributed by atoms with Gasteiger partial charge in [-0.05, 0) is 17.5 Å². The highest BCUT2D eigenvalue weighted by atomic mass is 16.4. The fraction of sp³-hybridized carbons (Fsp3) is 0.321. The quantitative estimate of drug-likeness (QED) is 0.223. The molecule has 208 valence electrons. The number of fused-ring (bicyclic) bond motifs is 1. The Morgan fingerprint density at radius 2 is 1.62 bits per heavy atom. The van der Waals surface area contributed by atoms with E-state index in [1.54, 1.807) is 14.1 Å². The van der Waals surface area contributed by atoms with Gasteiger partial charge < -0.3 is 35.4 Å². The smallest absolute Gasteiger partial charge is 0.374 e. The van der Waals surface area contributed by atoms with Crippen molar-refractivity contribution in [2.75, 3.05) is 26.0 Å². The van der Waals surface area contributed by atoms with E-state index in [0.717, 1.165) is 11.1 Å². The number of rotatable bonds is 8. The van der Waals surface area contributed by atoms with Gasteiger partial charge >= 0.3 is 12.0 Å². The SMILES string of the molecule is CN(C)C(=O)N[C@H]1C[C@@H](n2cnc3c(NCC(c4ccccc4)c4ccccc4)nc(C(=O)O)nc32)[C@H](O)[C@@H]1O. The number of carbonyl (C=O) groups excluding carboxylic acids is 1. The summed E-state index contributed by atoms with van der Waals surface area (Å²) >= 11 is 0. The van der Waals surface area contributed by atoms with Crippen LogP contribution in [0.3, 0.4) is 0 Å². The van der Waals surface area contributed by atoms with Crippen molar-refractivity contribution in [2.24, 2.45) is 0 Å². The van der Waals surface area contributed by atoms with Gasteiger partial charge in [-0.1, -0.05) is 60.7 Å². The van der Waals surface area contributed by atoms with Gasteiger partial charge in [-0.2, -0.15) is 0 Å². The van der Waals surface area contributed by atoms with Gasteiger partial charge in [0, 0.05) is 26.6 Å². The number of hydrogen-bond acceptors (Lipinski definition) is 8. The first kappa shape index (κ1) is 27.0. The molecule has 4 aromatic rings. The maximum Gasteiger partial charge on any atom is 0.374 e. The molecule has 40 heavy (non-hydrogen) atoms. The Hall–Kier alpha value is -4.55. The first-order valence-corrected chi connectivity index (χ1v) is 12.9. The molecule has 0 radical (unpaired) electrons. The van der Waals surface area contributed by atoms with Crippen LogP contribution in [0.25, 0.3) is 11.2 Å². The number of carboxylic acids is 1. The fourth-order valence-electron chi connectivity index (χ4n) is 5.09. The predicted octanol–water partition coefficient (Wildman–Crippen LogP) is 2.07. The van der Waals surface area contributed by atoms with Crippen LogP contribution in [0.15, 0.2) is 67.0 Å². The van der Waals surface area contributed by atoms with Gasteiger partial charge in [-0.3, -0.25) is 0 Å². The average Bonchev–Trinajstić information content (AvgIpc) is 3.50. The van der Waals surface area contributed by atoms with Gasteiger partial charge in [0.05, 0.1) is 18.4 Å². The third-order valence-electron chi connectivity index (χ3n) is 7.21. The Labute approximate surface area is 230 Å². The van der Waals surface area contributed by atoms with Crippen LogP contribution in [0.5, 0.6) is 0 Å². The monoisotopic (exact) mass is 545 g/mol. The summed E-state index contributed by atoms with van der Waals surface area (Å²) in [7, 11) is 3.15. The van der Waals surface area contributed by atoms with E-state index in [0.29, 0.717) is 12.1 Å². The van der Waals surface area contributed by atoms with E-state index in [9.17, 15) is 24.9 Å². The number of aliphatic hydroxyl groups excluding tert-OH is 2. The summed E-state index contributed by atoms with van der Waals surface area (Å²) in [6.07, 6.45) is -0.849. The number of amides is 2. The van der Waals surface area contributed by atoms with Gasteiger partial charge in [-0.25, -0.2) is 24.5 Å². The predicted molar refractivity (Wildman–Crippen MR) is 147 cm³/mol. The van der Waals surface area contributed by atoms with Gasteiger partial charge in [-0.15, -0.1) is 0 Å². The molecule has 0 saturated heterocycles. The minimum Gasteiger partial charge on any atom is -0.475 e. The Morgan fingerprint density at radius 3 is 2.20 bits per heavy atom. The van der Waals surface area contributed by atoms with Crippen LogP contribution in [0.1, 0.15) is 40.1 Å². The van der Waals surface area contributed by atoms with Gasteiger partial charge in [0.2, 0.25) is 5.82 Å². The lowest BCUT2D eigenvalue weighted by molar-refractivity contribution is 0.0151. The van der Waals surface area contributed by atoms with E-state index in [-0.39, 0.29) is 23.8 Å². The molecule has 0 spiro atoms. The lowest BCUT2D eigenvalue weighted by Gasteiger charge is -2.20. The first-order valence-electron chi connectivity index (χ1n) is 12.9. The van der Waals surface area contributed by atoms with Crippen LogP contribution in [0.4, 0.5) is 10.6 Å². The van der Waals surface area contributed by atoms with Crippen LogP contribution in [-0.4, -0.2) is 90.6 Å². The van der Waals surface area contributed by atoms with Crippen molar-refractivity contribution < 1.29 is 24.9 Å². The molecule has 1 aliphatic carbocycles. The molecule has 2 aromatic carbocycles. The summed E-state index contributed by atoms with van der Waals surface area (Å²) in [4.78, 5) is 38.4. The number of aliphatic hydroxyl groups is 2. The van der Waals surface area contributed by atoms with Gasteiger partial charge in [0.15, 0.2) is 11.5 Å². The number of carbonyl (C=O) groups is 2. The molecule has 2 amide bonds. The van der Waals surface area contributed by atoms with Crippen LogP contribution in [0.2, 0.25) is 0 Å². The Bertz CT molecular complexity index is 1460. The second-order valence-electron chi connectivity index (χ2n) is 10.0. The number of carboxylic acid groups (broad SMARTS) is 1. The standard InChI is InChI=1S/C28H31N7O5/c1-34(2)28(40)31-19-13-20(23(37)22(19)36)35-15-30-21-24(32-25(27(38)39)33-26(21)35)29-14-18(16-9-5-3-6-10-16)17-11-7-4-8-12-17/h3-12,15,18-20,22-23,36-37H,13-14H2,1-2H3,(H,31,40)(H,38,39)(H,29,32,33)/t19-,20+,22+,23-/m0/s1. The maximum atomic E-state index is 12.2. The minimum atomic E-state index is -1.32. The van der Waals surface area contributed by atoms with Crippen molar-refractivity contribution in [3.8, 4) is 0 Å². The molecular weight excluding hydrogens is 514 g/mol. The summed E-state index contributed by atoms with van der Waals surface area (Å²) in [5, 5.41) is 37.2. The van der Waals surface area contributed by atoms with Crippen molar-refractivity contribution in [1.29, 1.82) is 0 Å². The van der Waals surface area contributed by atoms with Crippen molar-refractivity contribution in [3.05, 3.63) is 83.9 Å². The van der Waals surface area contributed by atoms with Crippen molar-refractivity contribution in [1.82, 2.24) is 29.7 Å². The highest BCUT2D eigenvalue weighted by Crippen LogP contribution is 2.34. The zero-order valence-corrected chi connectivity index (χ0v) is 22.0. The van der Waals surface area contributed by atoms with Gasteiger partial charge in [0.1, 0.15) is 17.7 Å². The summed E-state index contributed by atoms with van der Waals surface area (Å²) in [6, 6.07) is 18.1. The molecule has 1 aliphatic rings. The number of urea groups is 1. The lowest BCUT2D eigenvalue weighted by Crippen LogP contribution is -2.46. The molecule has 12 nitrogen and oxygen atoms in total. The summed E-state index contributed by atoms with van der Waals surface area (Å²) < 4.78 is 1.54. The molecule has 2 aromatic heterocycles. The molecule has 1 saturated carbocycles. The zero-order valence-electron chi connectivity index (χ0n) is 22.0. The second kappa shape index (κ2) is 11.3. The van der Waals surface area contributed by atoms with Crippen LogP contribution >= 0.6 is 0 Å². The summed E-state index contributed by atoms with van der Waals surface area (Å²) in [6.45, 7) is 0.398. The maximum absolute atomic E-state index is 12.2. The number of hydrogen-bond donors (Lipinski definition) is 5. The van der Waals surface area contributed by atoms with Gasteiger partial charge in [0.25, 0.3) is 0 Å². The third-order valence-corrected chi connectivity index (χ3v) is 7.21. The molecule has 4 atom stereocenters. The van der Waals surface area contributed by atoms with E-state index < -0.39 is 42.1 Å². The summed E-state index contributed by atoms with van der Waals surface area (Å²) in [5.41, 5.74) is 2.67. The first-order chi connectivity index (χ1) is 19.2. The van der Waals surface area contributed by atoms with E-state index in [2.05, 4.69) is 25.6 Å². The van der Waals surface area contributed by atoms with Crippen LogP contribution in [0, 0.1) is 0 Å². The Kier molecular flexibility index (Phi) is 7.63. The zero-order chi connectivity index (χ0) is 28.4. The van der Waals surface area contributed by atoms with Crippen molar-refractivity contribution >= 4 is 29.0 Å². The Balaban J connectivity index is 1.48. The molecule has 2 heterocycles. The van der Waals surface area contributed by atoms with E-state index in [1.807, 2.05) is 60.7 Å². The molecule has 0 unspecified atom stereocenters.